The number of nitrogens with zero attached hydrogens (tertiary/aromatic N) is 3. The van der Waals surface area contributed by atoms with Gasteiger partial charge in [0.25, 0.3) is 5.56 Å². The van der Waals surface area contributed by atoms with Gasteiger partial charge in [0, 0.05) is 7.05 Å². The number of hydrogen-bond donors (Lipinski definition) is 0. The fourth-order valence-corrected chi connectivity index (χ4v) is 2.32. The molecule has 0 spiro atoms. The highest BCUT2D eigenvalue weighted by molar-refractivity contribution is 5.81. The van der Waals surface area contributed by atoms with E-state index in [1.54, 1.807) is 17.9 Å². The van der Waals surface area contributed by atoms with E-state index < -0.39 is 0 Å². The van der Waals surface area contributed by atoms with Gasteiger partial charge in [-0.3, -0.25) is 13.8 Å². The first-order valence-electron chi connectivity index (χ1n) is 5.52. The van der Waals surface area contributed by atoms with Gasteiger partial charge in [0.1, 0.15) is 12.0 Å². The zero-order valence-corrected chi connectivity index (χ0v) is 10.1. The molecule has 86 valence electrons. The minimum atomic E-state index is 0.0276. The normalized spacial score (nSPS) is 11.5. The molecule has 4 nitrogen and oxygen atoms in total. The lowest BCUT2D eigenvalue weighted by molar-refractivity contribution is 0.877. The van der Waals surface area contributed by atoms with Gasteiger partial charge >= 0.3 is 0 Å². The predicted octanol–water partition coefficient (Wildman–Crippen LogP) is 1.80. The highest BCUT2D eigenvalue weighted by Crippen LogP contribution is 2.16. The van der Waals surface area contributed by atoms with Gasteiger partial charge in [-0.1, -0.05) is 11.6 Å². The Bertz CT molecular complexity index is 796. The molecule has 0 amide bonds. The molecule has 0 unspecified atom stereocenters. The molecular weight excluding hydrogens is 214 g/mol. The van der Waals surface area contributed by atoms with Crippen molar-refractivity contribution < 1.29 is 0 Å². The van der Waals surface area contributed by atoms with Crippen LogP contribution in [0.25, 0.3) is 16.6 Å². The third-order valence-electron chi connectivity index (χ3n) is 3.18. The molecular formula is C13H13N3O. The van der Waals surface area contributed by atoms with Crippen molar-refractivity contribution in [2.45, 2.75) is 13.8 Å². The number of aryl methyl sites for hydroxylation is 3. The Balaban J connectivity index is 2.71. The molecule has 2 heterocycles. The number of benzene rings is 1. The van der Waals surface area contributed by atoms with Crippen molar-refractivity contribution in [3.63, 3.8) is 0 Å². The molecule has 0 aliphatic carbocycles. The maximum absolute atomic E-state index is 12.3. The van der Waals surface area contributed by atoms with E-state index in [-0.39, 0.29) is 5.56 Å². The molecule has 3 aromatic rings. The van der Waals surface area contributed by atoms with Gasteiger partial charge < -0.3 is 0 Å². The molecule has 0 aliphatic heterocycles. The van der Waals surface area contributed by atoms with Crippen LogP contribution in [0.1, 0.15) is 11.3 Å². The lowest BCUT2D eigenvalue weighted by Crippen LogP contribution is -2.19. The van der Waals surface area contributed by atoms with Crippen LogP contribution in [-0.4, -0.2) is 14.0 Å². The lowest BCUT2D eigenvalue weighted by Gasteiger charge is -2.07. The zero-order chi connectivity index (χ0) is 12.2. The summed E-state index contributed by atoms with van der Waals surface area (Å²) in [7, 11) is 1.79. The number of aromatic nitrogens is 3. The Hall–Kier alpha value is -2.10. The largest absolute Gasteiger partial charge is 0.295 e. The van der Waals surface area contributed by atoms with Crippen LogP contribution < -0.4 is 5.56 Å². The molecule has 0 N–H and O–H groups in total. The van der Waals surface area contributed by atoms with Crippen molar-refractivity contribution in [1.82, 2.24) is 14.0 Å². The molecule has 3 rings (SSSR count). The van der Waals surface area contributed by atoms with E-state index in [0.717, 1.165) is 27.8 Å². The second-order valence-electron chi connectivity index (χ2n) is 4.41. The molecule has 0 saturated heterocycles. The van der Waals surface area contributed by atoms with Crippen molar-refractivity contribution in [1.29, 1.82) is 0 Å². The molecule has 2 aromatic heterocycles. The lowest BCUT2D eigenvalue weighted by atomic mass is 10.1. The Labute approximate surface area is 98.1 Å². The SMILES string of the molecule is Cc1ccc2c(c1)c(=O)n(C)c1c(C)ncn21. The van der Waals surface area contributed by atoms with Gasteiger partial charge in [0.2, 0.25) is 0 Å². The van der Waals surface area contributed by atoms with E-state index in [2.05, 4.69) is 4.98 Å². The van der Waals surface area contributed by atoms with E-state index in [9.17, 15) is 4.79 Å². The Morgan fingerprint density at radius 3 is 2.76 bits per heavy atom. The van der Waals surface area contributed by atoms with E-state index >= 15 is 0 Å². The molecule has 0 atom stereocenters. The van der Waals surface area contributed by atoms with Crippen molar-refractivity contribution >= 4 is 16.6 Å². The first kappa shape index (κ1) is 10.1. The molecule has 17 heavy (non-hydrogen) atoms. The van der Waals surface area contributed by atoms with Crippen LogP contribution in [0, 0.1) is 13.8 Å². The fourth-order valence-electron chi connectivity index (χ4n) is 2.32. The van der Waals surface area contributed by atoms with E-state index in [1.807, 2.05) is 36.4 Å². The van der Waals surface area contributed by atoms with Crippen LogP contribution in [-0.2, 0) is 7.05 Å². The Morgan fingerprint density at radius 2 is 2.00 bits per heavy atom. The molecule has 0 bridgehead atoms. The molecule has 1 aromatic carbocycles. The maximum atomic E-state index is 12.3. The van der Waals surface area contributed by atoms with Crippen LogP contribution in [0.5, 0.6) is 0 Å². The summed E-state index contributed by atoms with van der Waals surface area (Å²) in [6.07, 6.45) is 1.77. The van der Waals surface area contributed by atoms with E-state index in [1.165, 1.54) is 0 Å². The van der Waals surface area contributed by atoms with Crippen LogP contribution in [0.15, 0.2) is 29.3 Å². The predicted molar refractivity (Wildman–Crippen MR) is 67.4 cm³/mol. The van der Waals surface area contributed by atoms with Gasteiger partial charge in [-0.25, -0.2) is 4.98 Å². The zero-order valence-electron chi connectivity index (χ0n) is 10.1. The third-order valence-corrected chi connectivity index (χ3v) is 3.18. The van der Waals surface area contributed by atoms with Crippen LogP contribution in [0.3, 0.4) is 0 Å². The molecule has 0 radical (unpaired) electrons. The molecule has 4 heteroatoms. The first-order chi connectivity index (χ1) is 8.09. The Morgan fingerprint density at radius 1 is 1.24 bits per heavy atom. The smallest absolute Gasteiger partial charge is 0.261 e. The standard InChI is InChI=1S/C13H13N3O/c1-8-4-5-11-10(6-8)13(17)15(3)12-9(2)14-7-16(11)12/h4-7H,1-3H3. The van der Waals surface area contributed by atoms with Crippen molar-refractivity contribution in [3.8, 4) is 0 Å². The molecule has 0 fully saturated rings. The monoisotopic (exact) mass is 227 g/mol. The van der Waals surface area contributed by atoms with Crippen molar-refractivity contribution in [2.75, 3.05) is 0 Å². The van der Waals surface area contributed by atoms with E-state index in [4.69, 9.17) is 0 Å². The fraction of sp³-hybridized carbons (Fsp3) is 0.231. The number of fused-ring (bicyclic) bond motifs is 3. The average molecular weight is 227 g/mol. The topological polar surface area (TPSA) is 39.3 Å². The minimum absolute atomic E-state index is 0.0276. The summed E-state index contributed by atoms with van der Waals surface area (Å²) < 4.78 is 3.62. The molecule has 0 saturated carbocycles. The van der Waals surface area contributed by atoms with E-state index in [0.29, 0.717) is 0 Å². The van der Waals surface area contributed by atoms with Gasteiger partial charge in [-0.15, -0.1) is 0 Å². The number of rotatable bonds is 0. The second-order valence-corrected chi connectivity index (χ2v) is 4.41. The highest BCUT2D eigenvalue weighted by atomic mass is 16.1. The van der Waals surface area contributed by atoms with Crippen LogP contribution >= 0.6 is 0 Å². The van der Waals surface area contributed by atoms with Gasteiger partial charge in [0.05, 0.1) is 16.6 Å². The summed E-state index contributed by atoms with van der Waals surface area (Å²) in [4.78, 5) is 16.5. The maximum Gasteiger partial charge on any atom is 0.261 e. The molecule has 0 aliphatic rings. The highest BCUT2D eigenvalue weighted by Gasteiger charge is 2.10. The summed E-state index contributed by atoms with van der Waals surface area (Å²) in [5.74, 6) is 0. The van der Waals surface area contributed by atoms with Crippen molar-refractivity contribution in [3.05, 3.63) is 46.1 Å². The average Bonchev–Trinajstić information content (AvgIpc) is 2.68. The summed E-state index contributed by atoms with van der Waals surface area (Å²) in [5.41, 5.74) is 3.75. The summed E-state index contributed by atoms with van der Waals surface area (Å²) in [5, 5.41) is 0.734. The minimum Gasteiger partial charge on any atom is -0.295 e. The summed E-state index contributed by atoms with van der Waals surface area (Å²) in [6, 6.07) is 5.91. The summed E-state index contributed by atoms with van der Waals surface area (Å²) in [6.45, 7) is 3.90. The van der Waals surface area contributed by atoms with Crippen LogP contribution in [0.2, 0.25) is 0 Å². The van der Waals surface area contributed by atoms with Crippen LogP contribution in [0.4, 0.5) is 0 Å². The van der Waals surface area contributed by atoms with Gasteiger partial charge in [0.15, 0.2) is 0 Å². The summed E-state index contributed by atoms with van der Waals surface area (Å²) >= 11 is 0. The number of hydrogen-bond acceptors (Lipinski definition) is 2. The van der Waals surface area contributed by atoms with Gasteiger partial charge in [-0.05, 0) is 26.0 Å². The third kappa shape index (κ3) is 1.24. The quantitative estimate of drug-likeness (QED) is 0.587. The van der Waals surface area contributed by atoms with Crippen molar-refractivity contribution in [2.24, 2.45) is 7.05 Å². The second kappa shape index (κ2) is 3.20. The number of imidazole rings is 1. The Kier molecular flexibility index (Phi) is 1.90. The van der Waals surface area contributed by atoms with Gasteiger partial charge in [-0.2, -0.15) is 0 Å². The first-order valence-corrected chi connectivity index (χ1v) is 5.52.